The van der Waals surface area contributed by atoms with E-state index in [1.807, 2.05) is 0 Å². The second-order valence-corrected chi connectivity index (χ2v) is 6.26. The van der Waals surface area contributed by atoms with Gasteiger partial charge in [-0.15, -0.1) is 6.58 Å². The fraction of sp³-hybridized carbons (Fsp3) is 0.857. The molecule has 0 heteroatoms. The lowest BCUT2D eigenvalue weighted by Gasteiger charge is -2.37. The zero-order valence-corrected chi connectivity index (χ0v) is 10.6. The summed E-state index contributed by atoms with van der Waals surface area (Å²) in [7, 11) is 0. The fourth-order valence-electron chi connectivity index (χ4n) is 2.58. The van der Waals surface area contributed by atoms with Gasteiger partial charge in [0, 0.05) is 0 Å². The van der Waals surface area contributed by atoms with Crippen molar-refractivity contribution in [1.29, 1.82) is 0 Å². The van der Waals surface area contributed by atoms with Crippen molar-refractivity contribution < 1.29 is 0 Å². The Kier molecular flexibility index (Phi) is 3.13. The maximum Gasteiger partial charge on any atom is -0.0115 e. The molecule has 1 rings (SSSR count). The largest absolute Gasteiger partial charge is 0.103 e. The highest BCUT2D eigenvalue weighted by Crippen LogP contribution is 2.56. The van der Waals surface area contributed by atoms with E-state index >= 15 is 0 Å². The first kappa shape index (κ1) is 11.8. The van der Waals surface area contributed by atoms with Crippen LogP contribution in [0.3, 0.4) is 0 Å². The van der Waals surface area contributed by atoms with Gasteiger partial charge in [-0.3, -0.25) is 0 Å². The van der Waals surface area contributed by atoms with Crippen molar-refractivity contribution in [2.75, 3.05) is 0 Å². The molecule has 1 aliphatic rings. The van der Waals surface area contributed by atoms with Crippen LogP contribution in [-0.4, -0.2) is 0 Å². The summed E-state index contributed by atoms with van der Waals surface area (Å²) in [6, 6.07) is 0. The molecule has 0 aliphatic heterocycles. The van der Waals surface area contributed by atoms with Crippen LogP contribution in [0.5, 0.6) is 0 Å². The molecule has 0 aromatic rings. The van der Waals surface area contributed by atoms with E-state index in [2.05, 4.69) is 47.3 Å². The van der Waals surface area contributed by atoms with Crippen LogP contribution >= 0.6 is 0 Å². The van der Waals surface area contributed by atoms with Gasteiger partial charge >= 0.3 is 0 Å². The summed E-state index contributed by atoms with van der Waals surface area (Å²) in [5, 5.41) is 0. The Hall–Kier alpha value is -0.260. The third-order valence-electron chi connectivity index (χ3n) is 4.37. The number of allylic oxidation sites excluding steroid dienone is 1. The van der Waals surface area contributed by atoms with Gasteiger partial charge in [0.1, 0.15) is 0 Å². The zero-order chi connectivity index (χ0) is 11.0. The molecule has 0 amide bonds. The molecule has 14 heavy (non-hydrogen) atoms. The van der Waals surface area contributed by atoms with Crippen molar-refractivity contribution in [2.24, 2.45) is 22.7 Å². The number of hydrogen-bond acceptors (Lipinski definition) is 0. The van der Waals surface area contributed by atoms with E-state index in [4.69, 9.17) is 0 Å². The molecular formula is C14H26. The Morgan fingerprint density at radius 1 is 1.29 bits per heavy atom. The maximum absolute atomic E-state index is 3.98. The fourth-order valence-corrected chi connectivity index (χ4v) is 2.58. The molecule has 0 saturated heterocycles. The summed E-state index contributed by atoms with van der Waals surface area (Å²) in [5.41, 5.74) is 0.964. The minimum Gasteiger partial charge on any atom is -0.103 e. The van der Waals surface area contributed by atoms with Crippen LogP contribution in [-0.2, 0) is 0 Å². The van der Waals surface area contributed by atoms with Crippen LogP contribution in [0.2, 0.25) is 0 Å². The normalized spacial score (nSPS) is 22.1. The van der Waals surface area contributed by atoms with Gasteiger partial charge in [-0.2, -0.15) is 0 Å². The highest BCUT2D eigenvalue weighted by atomic mass is 14.5. The molecule has 1 saturated carbocycles. The van der Waals surface area contributed by atoms with E-state index in [1.54, 1.807) is 0 Å². The lowest BCUT2D eigenvalue weighted by atomic mass is 9.68. The van der Waals surface area contributed by atoms with Crippen LogP contribution in [0.15, 0.2) is 12.7 Å². The van der Waals surface area contributed by atoms with Crippen molar-refractivity contribution in [3.8, 4) is 0 Å². The molecule has 0 N–H and O–H groups in total. The SMILES string of the molecule is C=CC1(CC(C)(C)C(C)C(C)C)CC1. The second-order valence-electron chi connectivity index (χ2n) is 6.26. The molecule has 0 heterocycles. The number of hydrogen-bond donors (Lipinski definition) is 0. The summed E-state index contributed by atoms with van der Waals surface area (Å²) in [4.78, 5) is 0. The maximum atomic E-state index is 3.98. The predicted octanol–water partition coefficient (Wildman–Crippen LogP) is 4.66. The molecule has 0 bridgehead atoms. The average Bonchev–Trinajstić information content (AvgIpc) is 2.83. The molecule has 0 radical (unpaired) electrons. The van der Waals surface area contributed by atoms with E-state index in [0.29, 0.717) is 10.8 Å². The van der Waals surface area contributed by atoms with E-state index in [-0.39, 0.29) is 0 Å². The molecule has 0 nitrogen and oxygen atoms in total. The van der Waals surface area contributed by atoms with Crippen LogP contribution in [0.4, 0.5) is 0 Å². The van der Waals surface area contributed by atoms with Gasteiger partial charge < -0.3 is 0 Å². The highest BCUT2D eigenvalue weighted by Gasteiger charge is 2.45. The minimum absolute atomic E-state index is 0.457. The molecule has 1 fully saturated rings. The quantitative estimate of drug-likeness (QED) is 0.558. The van der Waals surface area contributed by atoms with Gasteiger partial charge in [-0.05, 0) is 41.9 Å². The Balaban J connectivity index is 2.61. The van der Waals surface area contributed by atoms with Crippen LogP contribution < -0.4 is 0 Å². The standard InChI is InChI=1S/C14H26/c1-7-14(8-9-14)10-13(5,6)12(4)11(2)3/h7,11-12H,1,8-10H2,2-6H3. The van der Waals surface area contributed by atoms with Crippen molar-refractivity contribution in [2.45, 2.75) is 53.9 Å². The van der Waals surface area contributed by atoms with Crippen LogP contribution in [0, 0.1) is 22.7 Å². The summed E-state index contributed by atoms with van der Waals surface area (Å²) in [5.74, 6) is 1.57. The lowest BCUT2D eigenvalue weighted by Crippen LogP contribution is -2.28. The Bertz CT molecular complexity index is 206. The van der Waals surface area contributed by atoms with E-state index in [1.165, 1.54) is 19.3 Å². The van der Waals surface area contributed by atoms with Crippen LogP contribution in [0.25, 0.3) is 0 Å². The first-order chi connectivity index (χ1) is 6.33. The Labute approximate surface area is 89.8 Å². The molecule has 0 aromatic heterocycles. The topological polar surface area (TPSA) is 0 Å². The van der Waals surface area contributed by atoms with E-state index in [9.17, 15) is 0 Å². The van der Waals surface area contributed by atoms with Gasteiger partial charge in [0.2, 0.25) is 0 Å². The van der Waals surface area contributed by atoms with Gasteiger partial charge in [0.25, 0.3) is 0 Å². The smallest absolute Gasteiger partial charge is 0.0115 e. The van der Waals surface area contributed by atoms with Crippen LogP contribution in [0.1, 0.15) is 53.9 Å². The van der Waals surface area contributed by atoms with Crippen molar-refractivity contribution in [3.05, 3.63) is 12.7 Å². The van der Waals surface area contributed by atoms with E-state index in [0.717, 1.165) is 11.8 Å². The molecule has 1 unspecified atom stereocenters. The van der Waals surface area contributed by atoms with Crippen molar-refractivity contribution in [3.63, 3.8) is 0 Å². The monoisotopic (exact) mass is 194 g/mol. The molecular weight excluding hydrogens is 168 g/mol. The second kappa shape index (κ2) is 3.72. The van der Waals surface area contributed by atoms with Gasteiger partial charge in [0.15, 0.2) is 0 Å². The predicted molar refractivity (Wildman–Crippen MR) is 64.3 cm³/mol. The summed E-state index contributed by atoms with van der Waals surface area (Å²) in [6.45, 7) is 15.9. The van der Waals surface area contributed by atoms with Gasteiger partial charge in [0.05, 0.1) is 0 Å². The first-order valence-electron chi connectivity index (χ1n) is 5.97. The lowest BCUT2D eigenvalue weighted by molar-refractivity contribution is 0.138. The highest BCUT2D eigenvalue weighted by molar-refractivity contribution is 5.08. The summed E-state index contributed by atoms with van der Waals surface area (Å²) in [6.07, 6.45) is 6.25. The first-order valence-corrected chi connectivity index (χ1v) is 5.97. The Morgan fingerprint density at radius 3 is 2.07 bits per heavy atom. The number of rotatable bonds is 5. The van der Waals surface area contributed by atoms with Gasteiger partial charge in [-0.1, -0.05) is 40.7 Å². The molecule has 1 atom stereocenters. The van der Waals surface area contributed by atoms with Crippen molar-refractivity contribution >= 4 is 0 Å². The summed E-state index contributed by atoms with van der Waals surface area (Å²) >= 11 is 0. The van der Waals surface area contributed by atoms with Gasteiger partial charge in [-0.25, -0.2) is 0 Å². The third kappa shape index (κ3) is 2.40. The molecule has 1 aliphatic carbocycles. The molecule has 82 valence electrons. The molecule has 0 aromatic carbocycles. The molecule has 0 spiro atoms. The zero-order valence-electron chi connectivity index (χ0n) is 10.6. The minimum atomic E-state index is 0.457. The average molecular weight is 194 g/mol. The van der Waals surface area contributed by atoms with Crippen molar-refractivity contribution in [1.82, 2.24) is 0 Å². The summed E-state index contributed by atoms with van der Waals surface area (Å²) < 4.78 is 0. The third-order valence-corrected chi connectivity index (χ3v) is 4.37. The van der Waals surface area contributed by atoms with E-state index < -0.39 is 0 Å². The Morgan fingerprint density at radius 2 is 1.79 bits per heavy atom.